The van der Waals surface area contributed by atoms with Crippen LogP contribution in [0.3, 0.4) is 0 Å². The minimum absolute atomic E-state index is 0.00286. The van der Waals surface area contributed by atoms with Crippen LogP contribution >= 0.6 is 23.4 Å². The Balaban J connectivity index is 1.41. The Morgan fingerprint density at radius 1 is 1.23 bits per heavy atom. The van der Waals surface area contributed by atoms with Gasteiger partial charge in [-0.05, 0) is 43.0 Å². The maximum Gasteiger partial charge on any atom is 0.260 e. The number of amides is 2. The highest BCUT2D eigenvalue weighted by molar-refractivity contribution is 8.04. The molecule has 1 saturated carbocycles. The predicted octanol–water partition coefficient (Wildman–Crippen LogP) is 4.88. The van der Waals surface area contributed by atoms with Crippen molar-refractivity contribution in [3.63, 3.8) is 0 Å². The molecule has 0 spiro atoms. The van der Waals surface area contributed by atoms with Gasteiger partial charge in [-0.15, -0.1) is 11.8 Å². The molecular weight excluding hydrogens is 435 g/mol. The number of nitrogens with one attached hydrogen (secondary N) is 1. The highest BCUT2D eigenvalue weighted by atomic mass is 35.5. The number of thioether (sulfide) groups is 1. The summed E-state index contributed by atoms with van der Waals surface area (Å²) in [5.74, 6) is -0.604. The Hall–Kier alpha value is -2.31. The fourth-order valence-corrected chi connectivity index (χ4v) is 5.91. The highest BCUT2D eigenvalue weighted by Gasteiger charge is 2.42. The number of hydrogen-bond acceptors (Lipinski definition) is 3. The zero-order valence-corrected chi connectivity index (χ0v) is 18.8. The van der Waals surface area contributed by atoms with Gasteiger partial charge in [0.15, 0.2) is 0 Å². The van der Waals surface area contributed by atoms with Crippen molar-refractivity contribution < 1.29 is 14.0 Å². The average Bonchev–Trinajstić information content (AvgIpc) is 2.78. The molecule has 0 aromatic heterocycles. The van der Waals surface area contributed by atoms with Crippen LogP contribution in [0, 0.1) is 11.7 Å². The van der Waals surface area contributed by atoms with Gasteiger partial charge in [-0.25, -0.2) is 4.39 Å². The monoisotopic (exact) mass is 458 g/mol. The van der Waals surface area contributed by atoms with Gasteiger partial charge < -0.3 is 10.2 Å². The molecule has 162 valence electrons. The third-order valence-electron chi connectivity index (χ3n) is 6.04. The molecule has 3 unspecified atom stereocenters. The Labute approximate surface area is 190 Å². The molecule has 4 nitrogen and oxygen atoms in total. The molecule has 3 atom stereocenters. The first-order chi connectivity index (χ1) is 14.9. The van der Waals surface area contributed by atoms with Crippen LogP contribution in [0.2, 0.25) is 5.02 Å². The lowest BCUT2D eigenvalue weighted by Gasteiger charge is -2.44. The summed E-state index contributed by atoms with van der Waals surface area (Å²) < 4.78 is 14.0. The smallest absolute Gasteiger partial charge is 0.260 e. The first-order valence-electron chi connectivity index (χ1n) is 10.3. The number of nitrogens with zero attached hydrogens (tertiary/aromatic N) is 1. The molecule has 2 aliphatic rings. The quantitative estimate of drug-likeness (QED) is 0.664. The van der Waals surface area contributed by atoms with Crippen LogP contribution in [-0.2, 0) is 16.1 Å². The number of carbonyl (C=O) groups excluding carboxylic acids is 2. The third kappa shape index (κ3) is 4.80. The van der Waals surface area contributed by atoms with Crippen LogP contribution in [-0.4, -0.2) is 35.1 Å². The Bertz CT molecular complexity index is 1030. The van der Waals surface area contributed by atoms with Crippen molar-refractivity contribution in [2.24, 2.45) is 5.92 Å². The van der Waals surface area contributed by atoms with E-state index < -0.39 is 0 Å². The van der Waals surface area contributed by atoms with E-state index in [-0.39, 0.29) is 34.8 Å². The Kier molecular flexibility index (Phi) is 6.68. The molecule has 1 N–H and O–H groups in total. The molecule has 1 aliphatic carbocycles. The Morgan fingerprint density at radius 3 is 2.74 bits per heavy atom. The molecule has 0 bridgehead atoms. The molecule has 0 radical (unpaired) electrons. The van der Waals surface area contributed by atoms with Gasteiger partial charge >= 0.3 is 0 Å². The van der Waals surface area contributed by atoms with Crippen LogP contribution in [0.15, 0.2) is 53.4 Å². The molecular formula is C24H24ClFN2O2S. The number of halogens is 2. The van der Waals surface area contributed by atoms with Gasteiger partial charge in [-0.3, -0.25) is 9.59 Å². The summed E-state index contributed by atoms with van der Waals surface area (Å²) in [4.78, 5) is 28.0. The molecule has 2 aromatic rings. The summed E-state index contributed by atoms with van der Waals surface area (Å²) in [5, 5.41) is 3.83. The summed E-state index contributed by atoms with van der Waals surface area (Å²) >= 11 is 7.69. The molecule has 1 aliphatic heterocycles. The van der Waals surface area contributed by atoms with Crippen molar-refractivity contribution in [1.82, 2.24) is 10.2 Å². The van der Waals surface area contributed by atoms with Crippen molar-refractivity contribution in [3.8, 4) is 0 Å². The lowest BCUT2D eigenvalue weighted by atomic mass is 9.83. The molecule has 7 heteroatoms. The summed E-state index contributed by atoms with van der Waals surface area (Å²) in [6, 6.07) is 13.9. The van der Waals surface area contributed by atoms with Gasteiger partial charge in [0.1, 0.15) is 5.82 Å². The normalized spacial score (nSPS) is 24.7. The van der Waals surface area contributed by atoms with E-state index in [4.69, 9.17) is 11.6 Å². The maximum absolute atomic E-state index is 14.0. The predicted molar refractivity (Wildman–Crippen MR) is 123 cm³/mol. The topological polar surface area (TPSA) is 49.4 Å². The maximum atomic E-state index is 14.0. The molecule has 31 heavy (non-hydrogen) atoms. The number of rotatable bonds is 4. The summed E-state index contributed by atoms with van der Waals surface area (Å²) in [6.45, 7) is 0.391. The fraction of sp³-hybridized carbons (Fsp3) is 0.333. The van der Waals surface area contributed by atoms with Crippen LogP contribution in [0.4, 0.5) is 4.39 Å². The van der Waals surface area contributed by atoms with Gasteiger partial charge in [0.05, 0.1) is 4.91 Å². The van der Waals surface area contributed by atoms with Gasteiger partial charge in [0.2, 0.25) is 5.91 Å². The SMILES string of the molecule is CN1C(=O)/C(=C\c2ccccc2F)SC2CCC(C(=O)NCc3ccccc3Cl)CC21. The van der Waals surface area contributed by atoms with Gasteiger partial charge in [-0.1, -0.05) is 48.0 Å². The molecule has 2 aromatic carbocycles. The lowest BCUT2D eigenvalue weighted by Crippen LogP contribution is -2.52. The van der Waals surface area contributed by atoms with Gasteiger partial charge in [0.25, 0.3) is 5.91 Å². The summed E-state index contributed by atoms with van der Waals surface area (Å²) in [5.41, 5.74) is 1.30. The average molecular weight is 459 g/mol. The van der Waals surface area contributed by atoms with Crippen molar-refractivity contribution in [1.29, 1.82) is 0 Å². The number of carbonyl (C=O) groups is 2. The van der Waals surface area contributed by atoms with Crippen molar-refractivity contribution in [2.75, 3.05) is 7.05 Å². The number of likely N-dealkylation sites (N-methyl/N-ethyl adjacent to an activating group) is 1. The molecule has 1 saturated heterocycles. The van der Waals surface area contributed by atoms with Crippen molar-refractivity contribution in [3.05, 3.63) is 75.4 Å². The fourth-order valence-electron chi connectivity index (χ4n) is 4.24. The molecule has 2 amide bonds. The second-order valence-corrected chi connectivity index (χ2v) is 9.68. The molecule has 2 fully saturated rings. The minimum atomic E-state index is -0.341. The zero-order valence-electron chi connectivity index (χ0n) is 17.2. The van der Waals surface area contributed by atoms with Gasteiger partial charge in [0, 0.05) is 41.4 Å². The molecule has 1 heterocycles. The van der Waals surface area contributed by atoms with E-state index in [0.29, 0.717) is 28.5 Å². The number of benzene rings is 2. The first kappa shape index (κ1) is 21.9. The summed E-state index contributed by atoms with van der Waals surface area (Å²) in [7, 11) is 1.78. The van der Waals surface area contributed by atoms with Crippen LogP contribution in [0.1, 0.15) is 30.4 Å². The largest absolute Gasteiger partial charge is 0.352 e. The lowest BCUT2D eigenvalue weighted by molar-refractivity contribution is -0.132. The standard InChI is InChI=1S/C24H24ClFN2O2S/c1-28-20-12-16(23(29)27-14-17-7-2-4-8-18(17)25)10-11-21(20)31-22(24(28)30)13-15-6-3-5-9-19(15)26/h2-9,13,16,20-21H,10-12,14H2,1H3,(H,27,29)/b22-13+. The van der Waals surface area contributed by atoms with Crippen LogP contribution in [0.5, 0.6) is 0 Å². The van der Waals surface area contributed by atoms with E-state index in [0.717, 1.165) is 18.4 Å². The van der Waals surface area contributed by atoms with E-state index in [2.05, 4.69) is 5.32 Å². The zero-order chi connectivity index (χ0) is 22.0. The van der Waals surface area contributed by atoms with Crippen molar-refractivity contribution in [2.45, 2.75) is 37.1 Å². The molecule has 4 rings (SSSR count). The second-order valence-electron chi connectivity index (χ2n) is 7.99. The van der Waals surface area contributed by atoms with Crippen LogP contribution < -0.4 is 5.32 Å². The van der Waals surface area contributed by atoms with Gasteiger partial charge in [-0.2, -0.15) is 0 Å². The van der Waals surface area contributed by atoms with Crippen molar-refractivity contribution >= 4 is 41.3 Å². The second kappa shape index (κ2) is 9.45. The highest BCUT2D eigenvalue weighted by Crippen LogP contribution is 2.43. The van der Waals surface area contributed by atoms with E-state index in [1.807, 2.05) is 18.2 Å². The minimum Gasteiger partial charge on any atom is -0.352 e. The summed E-state index contributed by atoms with van der Waals surface area (Å²) in [6.07, 6.45) is 3.85. The third-order valence-corrected chi connectivity index (χ3v) is 7.80. The van der Waals surface area contributed by atoms with E-state index in [9.17, 15) is 14.0 Å². The van der Waals surface area contributed by atoms with Crippen LogP contribution in [0.25, 0.3) is 6.08 Å². The number of fused-ring (bicyclic) bond motifs is 1. The first-order valence-corrected chi connectivity index (χ1v) is 11.6. The van der Waals surface area contributed by atoms with E-state index >= 15 is 0 Å². The van der Waals surface area contributed by atoms with E-state index in [1.54, 1.807) is 42.3 Å². The van der Waals surface area contributed by atoms with E-state index in [1.165, 1.54) is 17.8 Å². The number of hydrogen-bond donors (Lipinski definition) is 1. The Morgan fingerprint density at radius 2 is 1.97 bits per heavy atom.